The van der Waals surface area contributed by atoms with Crippen LogP contribution in [0.1, 0.15) is 20.7 Å². The van der Waals surface area contributed by atoms with Crippen molar-refractivity contribution in [2.24, 2.45) is 0 Å². The van der Waals surface area contributed by atoms with E-state index in [0.717, 1.165) is 21.6 Å². The van der Waals surface area contributed by atoms with E-state index < -0.39 is 17.7 Å². The summed E-state index contributed by atoms with van der Waals surface area (Å²) in [6.45, 7) is -0.346. The van der Waals surface area contributed by atoms with Gasteiger partial charge in [-0.2, -0.15) is 5.26 Å². The zero-order chi connectivity index (χ0) is 17.1. The fourth-order valence-corrected chi connectivity index (χ4v) is 2.76. The lowest BCUT2D eigenvalue weighted by Gasteiger charge is -2.13. The Balaban J connectivity index is 1.67. The summed E-state index contributed by atoms with van der Waals surface area (Å²) >= 11 is 1.02. The smallest absolute Gasteiger partial charge is 0.262 e. The highest BCUT2D eigenvalue weighted by Gasteiger charge is 2.36. The van der Waals surface area contributed by atoms with Gasteiger partial charge in [-0.15, -0.1) is 0 Å². The molecule has 118 valence electrons. The van der Waals surface area contributed by atoms with Crippen LogP contribution in [0.5, 0.6) is 0 Å². The zero-order valence-electron chi connectivity index (χ0n) is 12.4. The molecule has 0 aliphatic carbocycles. The van der Waals surface area contributed by atoms with Crippen molar-refractivity contribution in [2.75, 3.05) is 11.9 Å². The maximum absolute atomic E-state index is 12.2. The SMILES string of the molecule is N#CSc1ccc(NC(=O)CN2C(=O)c3ccccc3C2=O)cc1. The van der Waals surface area contributed by atoms with Crippen molar-refractivity contribution in [1.82, 2.24) is 4.90 Å². The van der Waals surface area contributed by atoms with Crippen molar-refractivity contribution in [3.8, 4) is 5.40 Å². The topological polar surface area (TPSA) is 90.3 Å². The molecule has 0 radical (unpaired) electrons. The van der Waals surface area contributed by atoms with Gasteiger partial charge in [0.2, 0.25) is 5.91 Å². The number of carbonyl (C=O) groups is 3. The molecule has 0 aromatic heterocycles. The summed E-state index contributed by atoms with van der Waals surface area (Å²) in [5.74, 6) is -1.40. The summed E-state index contributed by atoms with van der Waals surface area (Å²) in [6.07, 6.45) is 0. The van der Waals surface area contributed by atoms with Crippen LogP contribution in [0.15, 0.2) is 53.4 Å². The molecule has 3 amide bonds. The van der Waals surface area contributed by atoms with Crippen LogP contribution in [0.4, 0.5) is 5.69 Å². The maximum atomic E-state index is 12.2. The largest absolute Gasteiger partial charge is 0.325 e. The molecule has 24 heavy (non-hydrogen) atoms. The highest BCUT2D eigenvalue weighted by Crippen LogP contribution is 2.22. The highest BCUT2D eigenvalue weighted by molar-refractivity contribution is 8.03. The average Bonchev–Trinajstić information content (AvgIpc) is 2.82. The lowest BCUT2D eigenvalue weighted by Crippen LogP contribution is -2.37. The number of anilines is 1. The van der Waals surface area contributed by atoms with Gasteiger partial charge in [0.05, 0.1) is 11.1 Å². The number of nitrogens with zero attached hydrogens (tertiary/aromatic N) is 2. The predicted molar refractivity (Wildman–Crippen MR) is 88.4 cm³/mol. The number of hydrogen-bond acceptors (Lipinski definition) is 5. The molecule has 0 spiro atoms. The minimum absolute atomic E-state index is 0.313. The first kappa shape index (κ1) is 15.8. The minimum atomic E-state index is -0.467. The van der Waals surface area contributed by atoms with Crippen LogP contribution < -0.4 is 5.32 Å². The van der Waals surface area contributed by atoms with Crippen LogP contribution in [-0.4, -0.2) is 29.2 Å². The summed E-state index contributed by atoms with van der Waals surface area (Å²) in [7, 11) is 0. The van der Waals surface area contributed by atoms with Gasteiger partial charge in [0.1, 0.15) is 11.9 Å². The monoisotopic (exact) mass is 337 g/mol. The second-order valence-corrected chi connectivity index (χ2v) is 5.87. The van der Waals surface area contributed by atoms with E-state index in [-0.39, 0.29) is 6.54 Å². The molecule has 1 aliphatic heterocycles. The van der Waals surface area contributed by atoms with Gasteiger partial charge in [0, 0.05) is 10.6 Å². The lowest BCUT2D eigenvalue weighted by atomic mass is 10.1. The standard InChI is InChI=1S/C17H11N3O3S/c18-10-24-12-7-5-11(6-8-12)19-15(21)9-20-16(22)13-3-1-2-4-14(13)17(20)23/h1-8H,9H2,(H,19,21). The van der Waals surface area contributed by atoms with Crippen molar-refractivity contribution in [1.29, 1.82) is 5.26 Å². The van der Waals surface area contributed by atoms with Crippen LogP contribution >= 0.6 is 11.8 Å². The third-order valence-electron chi connectivity index (χ3n) is 3.48. The molecule has 1 N–H and O–H groups in total. The summed E-state index contributed by atoms with van der Waals surface area (Å²) < 4.78 is 0. The first-order valence-electron chi connectivity index (χ1n) is 7.01. The number of rotatable bonds is 4. The van der Waals surface area contributed by atoms with Gasteiger partial charge in [-0.25, -0.2) is 0 Å². The molecule has 2 aromatic carbocycles. The van der Waals surface area contributed by atoms with Crippen molar-refractivity contribution in [3.05, 3.63) is 59.7 Å². The van der Waals surface area contributed by atoms with Crippen LogP contribution in [-0.2, 0) is 4.79 Å². The molecule has 0 unspecified atom stereocenters. The fraction of sp³-hybridized carbons (Fsp3) is 0.0588. The number of thiocyanates is 1. The molecule has 0 atom stereocenters. The predicted octanol–water partition coefficient (Wildman–Crippen LogP) is 2.49. The molecule has 0 fully saturated rings. The molecular formula is C17H11N3O3S. The molecule has 0 saturated heterocycles. The van der Waals surface area contributed by atoms with Gasteiger partial charge in [0.25, 0.3) is 11.8 Å². The first-order chi connectivity index (χ1) is 11.6. The molecule has 3 rings (SSSR count). The third-order valence-corrected chi connectivity index (χ3v) is 4.08. The Kier molecular flexibility index (Phi) is 4.31. The molecule has 6 nitrogen and oxygen atoms in total. The zero-order valence-corrected chi connectivity index (χ0v) is 13.2. The van der Waals surface area contributed by atoms with Crippen LogP contribution in [0.25, 0.3) is 0 Å². The number of carbonyl (C=O) groups excluding carboxylic acids is 3. The van der Waals surface area contributed by atoms with Crippen molar-refractivity contribution < 1.29 is 14.4 Å². The first-order valence-corrected chi connectivity index (χ1v) is 7.83. The molecule has 0 bridgehead atoms. The summed E-state index contributed by atoms with van der Waals surface area (Å²) in [5.41, 5.74) is 1.15. The van der Waals surface area contributed by atoms with Crippen molar-refractivity contribution in [3.63, 3.8) is 0 Å². The van der Waals surface area contributed by atoms with Crippen LogP contribution in [0.2, 0.25) is 0 Å². The van der Waals surface area contributed by atoms with E-state index in [2.05, 4.69) is 5.32 Å². The van der Waals surface area contributed by atoms with Crippen LogP contribution in [0.3, 0.4) is 0 Å². The van der Waals surface area contributed by atoms with E-state index in [9.17, 15) is 14.4 Å². The Morgan fingerprint density at radius 2 is 1.62 bits per heavy atom. The van der Waals surface area contributed by atoms with Gasteiger partial charge >= 0.3 is 0 Å². The summed E-state index contributed by atoms with van der Waals surface area (Å²) in [4.78, 5) is 38.2. The van der Waals surface area contributed by atoms with Gasteiger partial charge in [-0.05, 0) is 48.2 Å². The van der Waals surface area contributed by atoms with E-state index in [4.69, 9.17) is 5.26 Å². The number of amides is 3. The molecule has 2 aromatic rings. The van der Waals surface area contributed by atoms with E-state index in [1.807, 2.05) is 5.40 Å². The molecular weight excluding hydrogens is 326 g/mol. The highest BCUT2D eigenvalue weighted by atomic mass is 32.2. The Bertz CT molecular complexity index is 836. The number of imide groups is 1. The van der Waals surface area contributed by atoms with Crippen molar-refractivity contribution >= 4 is 35.2 Å². The van der Waals surface area contributed by atoms with Gasteiger partial charge < -0.3 is 5.32 Å². The number of nitriles is 1. The molecule has 0 saturated carbocycles. The van der Waals surface area contributed by atoms with Gasteiger partial charge in [-0.3, -0.25) is 19.3 Å². The lowest BCUT2D eigenvalue weighted by molar-refractivity contribution is -0.116. The number of hydrogen-bond donors (Lipinski definition) is 1. The third kappa shape index (κ3) is 3.00. The Hall–Kier alpha value is -3.11. The quantitative estimate of drug-likeness (QED) is 0.526. The minimum Gasteiger partial charge on any atom is -0.325 e. The Morgan fingerprint density at radius 3 is 2.17 bits per heavy atom. The second-order valence-electron chi connectivity index (χ2n) is 5.01. The summed E-state index contributed by atoms with van der Waals surface area (Å²) in [6, 6.07) is 13.2. The second kappa shape index (κ2) is 6.56. The van der Waals surface area contributed by atoms with E-state index in [1.54, 1.807) is 48.5 Å². The van der Waals surface area contributed by atoms with E-state index in [1.165, 1.54) is 0 Å². The Morgan fingerprint density at radius 1 is 1.04 bits per heavy atom. The number of fused-ring (bicyclic) bond motifs is 1. The molecule has 1 heterocycles. The average molecular weight is 337 g/mol. The van der Waals surface area contributed by atoms with Crippen LogP contribution in [0, 0.1) is 10.7 Å². The van der Waals surface area contributed by atoms with E-state index in [0.29, 0.717) is 16.8 Å². The Labute approximate surface area is 142 Å². The number of thioether (sulfide) groups is 1. The van der Waals surface area contributed by atoms with Gasteiger partial charge in [-0.1, -0.05) is 12.1 Å². The van der Waals surface area contributed by atoms with Gasteiger partial charge in [0.15, 0.2) is 0 Å². The maximum Gasteiger partial charge on any atom is 0.262 e. The normalized spacial score (nSPS) is 12.7. The number of nitrogens with one attached hydrogen (secondary N) is 1. The molecule has 1 aliphatic rings. The summed E-state index contributed by atoms with van der Waals surface area (Å²) in [5, 5.41) is 13.2. The fourth-order valence-electron chi connectivity index (χ4n) is 2.39. The van der Waals surface area contributed by atoms with E-state index >= 15 is 0 Å². The molecule has 7 heteroatoms. The number of benzene rings is 2. The van der Waals surface area contributed by atoms with Crippen molar-refractivity contribution in [2.45, 2.75) is 4.90 Å².